The molecule has 3 rings (SSSR count). The lowest BCUT2D eigenvalue weighted by atomic mass is 9.95. The molecule has 0 unspecified atom stereocenters. The molecule has 0 saturated heterocycles. The average molecular weight is 472 g/mol. The fraction of sp³-hybridized carbons (Fsp3) is 0.381. The minimum Gasteiger partial charge on any atom is -0.459 e. The van der Waals surface area contributed by atoms with Crippen LogP contribution < -0.4 is 5.32 Å². The third-order valence-electron chi connectivity index (χ3n) is 4.54. The van der Waals surface area contributed by atoms with Crippen LogP contribution in [-0.2, 0) is 27.1 Å². The molecule has 1 aliphatic carbocycles. The zero-order valence-electron chi connectivity index (χ0n) is 16.9. The molecule has 0 fully saturated rings. The lowest BCUT2D eigenvalue weighted by molar-refractivity contribution is -0.119. The summed E-state index contributed by atoms with van der Waals surface area (Å²) < 4.78 is 36.7. The molecule has 0 spiro atoms. The summed E-state index contributed by atoms with van der Waals surface area (Å²) in [5.74, 6) is -4.76. The molecule has 0 atom stereocenters. The Morgan fingerprint density at radius 1 is 1.13 bits per heavy atom. The fourth-order valence-corrected chi connectivity index (χ4v) is 4.71. The molecule has 1 heterocycles. The van der Waals surface area contributed by atoms with Gasteiger partial charge in [-0.05, 0) is 57.2 Å². The van der Waals surface area contributed by atoms with Gasteiger partial charge in [0.25, 0.3) is 5.91 Å². The molecular weight excluding hydrogens is 452 g/mol. The Balaban J connectivity index is 1.72. The highest BCUT2D eigenvalue weighted by atomic mass is 35.5. The first kappa shape index (κ1) is 23.1. The molecule has 0 bridgehead atoms. The third kappa shape index (κ3) is 5.40. The van der Waals surface area contributed by atoms with Crippen LogP contribution in [0.4, 0.5) is 13.8 Å². The van der Waals surface area contributed by atoms with E-state index in [4.69, 9.17) is 21.1 Å². The molecule has 31 heavy (non-hydrogen) atoms. The topological polar surface area (TPSA) is 81.7 Å². The molecule has 2 aromatic rings. The van der Waals surface area contributed by atoms with Crippen molar-refractivity contribution in [3.8, 4) is 0 Å². The van der Waals surface area contributed by atoms with Crippen LogP contribution in [-0.4, -0.2) is 30.6 Å². The standard InChI is InChI=1S/C21H20ClF2NO5S/c1-10(2)30-21(28)18-11-5-3-4-6-16(11)31-19(18)25-17(26)9-29-20(27)12-7-14(23)15(24)8-13(12)22/h7-8,10H,3-6,9H2,1-2H3,(H,25,26). The van der Waals surface area contributed by atoms with E-state index in [1.807, 2.05) is 0 Å². The van der Waals surface area contributed by atoms with Crippen molar-refractivity contribution in [3.63, 3.8) is 0 Å². The first-order valence-corrected chi connectivity index (χ1v) is 10.8. The van der Waals surface area contributed by atoms with E-state index in [9.17, 15) is 23.2 Å². The molecule has 1 aromatic carbocycles. The summed E-state index contributed by atoms with van der Waals surface area (Å²) in [6.45, 7) is 2.77. The number of aryl methyl sites for hydroxylation is 1. The SMILES string of the molecule is CC(C)OC(=O)c1c(NC(=O)COC(=O)c2cc(F)c(F)cc2Cl)sc2c1CCCC2. The number of esters is 2. The Hall–Kier alpha value is -2.52. The minimum atomic E-state index is -1.27. The quantitative estimate of drug-likeness (QED) is 0.477. The summed E-state index contributed by atoms with van der Waals surface area (Å²) in [4.78, 5) is 38.1. The van der Waals surface area contributed by atoms with Gasteiger partial charge in [-0.15, -0.1) is 11.3 Å². The van der Waals surface area contributed by atoms with Crippen molar-refractivity contribution in [1.29, 1.82) is 0 Å². The highest BCUT2D eigenvalue weighted by Crippen LogP contribution is 2.38. The number of nitrogens with one attached hydrogen (secondary N) is 1. The number of halogens is 3. The second-order valence-corrected chi connectivity index (χ2v) is 8.75. The number of rotatable bonds is 6. The van der Waals surface area contributed by atoms with Crippen LogP contribution in [0.3, 0.4) is 0 Å². The molecule has 6 nitrogen and oxygen atoms in total. The van der Waals surface area contributed by atoms with Crippen LogP contribution in [0.5, 0.6) is 0 Å². The van der Waals surface area contributed by atoms with Crippen LogP contribution >= 0.6 is 22.9 Å². The summed E-state index contributed by atoms with van der Waals surface area (Å²) in [7, 11) is 0. The van der Waals surface area contributed by atoms with E-state index in [-0.39, 0.29) is 11.1 Å². The van der Waals surface area contributed by atoms with Gasteiger partial charge >= 0.3 is 11.9 Å². The van der Waals surface area contributed by atoms with Crippen molar-refractivity contribution in [2.75, 3.05) is 11.9 Å². The normalized spacial score (nSPS) is 13.0. The molecule has 1 amide bonds. The van der Waals surface area contributed by atoms with Crippen LogP contribution in [0.2, 0.25) is 5.02 Å². The summed E-state index contributed by atoms with van der Waals surface area (Å²) in [5, 5.41) is 2.60. The predicted octanol–water partition coefficient (Wildman–Crippen LogP) is 4.92. The number of amides is 1. The Morgan fingerprint density at radius 2 is 1.81 bits per heavy atom. The van der Waals surface area contributed by atoms with Crippen LogP contribution in [0.25, 0.3) is 0 Å². The van der Waals surface area contributed by atoms with E-state index in [1.165, 1.54) is 11.3 Å². The second-order valence-electron chi connectivity index (χ2n) is 7.24. The van der Waals surface area contributed by atoms with Gasteiger partial charge in [0.1, 0.15) is 5.00 Å². The van der Waals surface area contributed by atoms with E-state index >= 15 is 0 Å². The first-order chi connectivity index (χ1) is 14.7. The molecule has 10 heteroatoms. The van der Waals surface area contributed by atoms with Gasteiger partial charge in [-0.3, -0.25) is 4.79 Å². The molecule has 166 valence electrons. The number of carbonyl (C=O) groups excluding carboxylic acids is 3. The molecule has 0 aliphatic heterocycles. The Bertz CT molecular complexity index is 1040. The number of fused-ring (bicyclic) bond motifs is 1. The lowest BCUT2D eigenvalue weighted by Crippen LogP contribution is -2.22. The van der Waals surface area contributed by atoms with Gasteiger partial charge in [0, 0.05) is 4.88 Å². The average Bonchev–Trinajstić information content (AvgIpc) is 3.06. The number of thiophene rings is 1. The Morgan fingerprint density at radius 3 is 2.52 bits per heavy atom. The van der Waals surface area contributed by atoms with E-state index in [2.05, 4.69) is 5.32 Å². The van der Waals surface area contributed by atoms with Gasteiger partial charge in [-0.1, -0.05) is 11.6 Å². The molecule has 0 saturated carbocycles. The van der Waals surface area contributed by atoms with Crippen molar-refractivity contribution >= 4 is 45.8 Å². The maximum Gasteiger partial charge on any atom is 0.341 e. The smallest absolute Gasteiger partial charge is 0.341 e. The molecule has 1 aliphatic rings. The summed E-state index contributed by atoms with van der Waals surface area (Å²) >= 11 is 7.04. The van der Waals surface area contributed by atoms with Crippen LogP contribution in [0.1, 0.15) is 57.8 Å². The van der Waals surface area contributed by atoms with Gasteiger partial charge in [0.2, 0.25) is 0 Å². The van der Waals surface area contributed by atoms with Crippen molar-refractivity contribution < 1.29 is 32.6 Å². The van der Waals surface area contributed by atoms with E-state index in [0.29, 0.717) is 29.1 Å². The molecule has 1 aromatic heterocycles. The highest BCUT2D eigenvalue weighted by Gasteiger charge is 2.28. The second kappa shape index (κ2) is 9.74. The Labute approximate surface area is 186 Å². The summed E-state index contributed by atoms with van der Waals surface area (Å²) in [6.07, 6.45) is 3.13. The van der Waals surface area contributed by atoms with Gasteiger partial charge in [-0.25, -0.2) is 18.4 Å². The number of anilines is 1. The zero-order valence-corrected chi connectivity index (χ0v) is 18.4. The third-order valence-corrected chi connectivity index (χ3v) is 6.06. The number of carbonyl (C=O) groups is 3. The number of hydrogen-bond donors (Lipinski definition) is 1. The first-order valence-electron chi connectivity index (χ1n) is 9.64. The largest absolute Gasteiger partial charge is 0.459 e. The molecule has 1 N–H and O–H groups in total. The number of hydrogen-bond acceptors (Lipinski definition) is 6. The van der Waals surface area contributed by atoms with Crippen LogP contribution in [0.15, 0.2) is 12.1 Å². The fourth-order valence-electron chi connectivity index (χ4n) is 3.19. The van der Waals surface area contributed by atoms with Gasteiger partial charge in [0.15, 0.2) is 18.2 Å². The number of ether oxygens (including phenoxy) is 2. The minimum absolute atomic E-state index is 0.322. The van der Waals surface area contributed by atoms with Crippen molar-refractivity contribution in [2.24, 2.45) is 0 Å². The number of benzene rings is 1. The maximum absolute atomic E-state index is 13.4. The van der Waals surface area contributed by atoms with E-state index in [1.54, 1.807) is 13.8 Å². The van der Waals surface area contributed by atoms with Gasteiger partial charge < -0.3 is 14.8 Å². The lowest BCUT2D eigenvalue weighted by Gasteiger charge is -2.14. The van der Waals surface area contributed by atoms with Crippen molar-refractivity contribution in [1.82, 2.24) is 0 Å². The van der Waals surface area contributed by atoms with Crippen molar-refractivity contribution in [3.05, 3.63) is 50.4 Å². The van der Waals surface area contributed by atoms with Gasteiger partial charge in [-0.2, -0.15) is 0 Å². The van der Waals surface area contributed by atoms with E-state index < -0.39 is 41.7 Å². The summed E-state index contributed by atoms with van der Waals surface area (Å²) in [6, 6.07) is 1.25. The predicted molar refractivity (Wildman–Crippen MR) is 112 cm³/mol. The molecule has 0 radical (unpaired) electrons. The van der Waals surface area contributed by atoms with Crippen LogP contribution in [0, 0.1) is 11.6 Å². The maximum atomic E-state index is 13.4. The van der Waals surface area contributed by atoms with E-state index in [0.717, 1.165) is 29.7 Å². The molecular formula is C21H20ClF2NO5S. The highest BCUT2D eigenvalue weighted by molar-refractivity contribution is 7.17. The van der Waals surface area contributed by atoms with Gasteiger partial charge in [0.05, 0.1) is 22.3 Å². The monoisotopic (exact) mass is 471 g/mol. The van der Waals surface area contributed by atoms with Crippen molar-refractivity contribution in [2.45, 2.75) is 45.6 Å². The zero-order chi connectivity index (χ0) is 22.7. The Kier molecular flexibility index (Phi) is 7.27. The summed E-state index contributed by atoms with van der Waals surface area (Å²) in [5.41, 5.74) is 0.806.